The van der Waals surface area contributed by atoms with E-state index in [1.54, 1.807) is 5.32 Å². The summed E-state index contributed by atoms with van der Waals surface area (Å²) in [5.41, 5.74) is 0. The Labute approximate surface area is 106 Å². The molecule has 2 amide bonds. The highest BCUT2D eigenvalue weighted by molar-refractivity contribution is 5.73. The zero-order chi connectivity index (χ0) is 14.2. The molecule has 108 valence electrons. The minimum Gasteiger partial charge on any atom is -0.338 e. The van der Waals surface area contributed by atoms with E-state index >= 15 is 0 Å². The smallest absolute Gasteiger partial charge is 0.338 e. The van der Waals surface area contributed by atoms with Gasteiger partial charge in [-0.05, 0) is 40.3 Å². The minimum atomic E-state index is -4.36. The number of nitrogens with one attached hydrogen (secondary N) is 2. The number of carbonyl (C=O) groups excluding carboxylic acids is 1. The van der Waals surface area contributed by atoms with Gasteiger partial charge in [0.2, 0.25) is 0 Å². The molecule has 0 spiro atoms. The van der Waals surface area contributed by atoms with Crippen molar-refractivity contribution in [1.82, 2.24) is 15.5 Å². The number of alkyl halides is 3. The molecule has 0 saturated carbocycles. The van der Waals surface area contributed by atoms with Crippen LogP contribution in [0.1, 0.15) is 26.7 Å². The van der Waals surface area contributed by atoms with E-state index in [9.17, 15) is 18.0 Å². The maximum Gasteiger partial charge on any atom is 0.405 e. The Hall–Kier alpha value is -0.980. The summed E-state index contributed by atoms with van der Waals surface area (Å²) < 4.78 is 35.3. The molecule has 0 bridgehead atoms. The van der Waals surface area contributed by atoms with Gasteiger partial charge < -0.3 is 15.5 Å². The van der Waals surface area contributed by atoms with Gasteiger partial charge >= 0.3 is 12.2 Å². The van der Waals surface area contributed by atoms with Crippen LogP contribution in [0.3, 0.4) is 0 Å². The lowest BCUT2D eigenvalue weighted by atomic mass is 10.2. The Morgan fingerprint density at radius 1 is 1.22 bits per heavy atom. The van der Waals surface area contributed by atoms with Crippen LogP contribution in [0, 0.1) is 0 Å². The lowest BCUT2D eigenvalue weighted by Gasteiger charge is -2.20. The largest absolute Gasteiger partial charge is 0.405 e. The molecule has 0 aliphatic heterocycles. The second kappa shape index (κ2) is 8.18. The molecule has 4 nitrogen and oxygen atoms in total. The predicted molar refractivity (Wildman–Crippen MR) is 64.5 cm³/mol. The number of hydrogen-bond donors (Lipinski definition) is 2. The summed E-state index contributed by atoms with van der Waals surface area (Å²) in [7, 11) is 2.01. The van der Waals surface area contributed by atoms with Crippen LogP contribution in [-0.2, 0) is 0 Å². The third-order valence-electron chi connectivity index (χ3n) is 2.55. The van der Waals surface area contributed by atoms with Crippen molar-refractivity contribution in [2.45, 2.75) is 38.9 Å². The Morgan fingerprint density at radius 2 is 1.83 bits per heavy atom. The fourth-order valence-corrected chi connectivity index (χ4v) is 1.19. The standard InChI is InChI=1S/C11H22F3N3O/c1-9(2)17(3)7-5-4-6-15-10(18)16-8-11(12,13)14/h9H,4-8H2,1-3H3,(H2,15,16,18). The first-order valence-corrected chi connectivity index (χ1v) is 6.01. The number of halogens is 3. The molecule has 0 saturated heterocycles. The second-order valence-corrected chi connectivity index (χ2v) is 4.51. The molecule has 18 heavy (non-hydrogen) atoms. The monoisotopic (exact) mass is 269 g/mol. The predicted octanol–water partition coefficient (Wildman–Crippen LogP) is 1.97. The molecular weight excluding hydrogens is 247 g/mol. The van der Waals surface area contributed by atoms with Crippen molar-refractivity contribution in [2.75, 3.05) is 26.7 Å². The van der Waals surface area contributed by atoms with Crippen molar-refractivity contribution in [1.29, 1.82) is 0 Å². The van der Waals surface area contributed by atoms with Crippen molar-refractivity contribution < 1.29 is 18.0 Å². The Kier molecular flexibility index (Phi) is 7.73. The molecule has 0 heterocycles. The molecule has 7 heteroatoms. The molecule has 0 fully saturated rings. The van der Waals surface area contributed by atoms with Gasteiger partial charge in [-0.25, -0.2) is 4.79 Å². The molecule has 0 aliphatic rings. The van der Waals surface area contributed by atoms with Crippen molar-refractivity contribution in [3.05, 3.63) is 0 Å². The normalized spacial score (nSPS) is 12.0. The zero-order valence-corrected chi connectivity index (χ0v) is 11.1. The van der Waals surface area contributed by atoms with E-state index in [-0.39, 0.29) is 0 Å². The maximum absolute atomic E-state index is 11.8. The van der Waals surface area contributed by atoms with Crippen LogP contribution in [0.4, 0.5) is 18.0 Å². The van der Waals surface area contributed by atoms with Gasteiger partial charge in [-0.2, -0.15) is 13.2 Å². The van der Waals surface area contributed by atoms with Crippen molar-refractivity contribution in [2.24, 2.45) is 0 Å². The minimum absolute atomic E-state index is 0.385. The number of hydrogen-bond acceptors (Lipinski definition) is 2. The van der Waals surface area contributed by atoms with E-state index in [1.807, 2.05) is 7.05 Å². The first-order valence-electron chi connectivity index (χ1n) is 6.01. The molecule has 0 unspecified atom stereocenters. The van der Waals surface area contributed by atoms with Gasteiger partial charge in [0.15, 0.2) is 0 Å². The number of urea groups is 1. The fraction of sp³-hybridized carbons (Fsp3) is 0.909. The fourth-order valence-electron chi connectivity index (χ4n) is 1.19. The van der Waals surface area contributed by atoms with Gasteiger partial charge in [0.05, 0.1) is 0 Å². The van der Waals surface area contributed by atoms with Crippen molar-refractivity contribution in [3.8, 4) is 0 Å². The molecule has 0 radical (unpaired) electrons. The molecular formula is C11H22F3N3O. The number of unbranched alkanes of at least 4 members (excludes halogenated alkanes) is 1. The van der Waals surface area contributed by atoms with Crippen LogP contribution in [0.5, 0.6) is 0 Å². The Bertz CT molecular complexity index is 244. The Balaban J connectivity index is 3.47. The highest BCUT2D eigenvalue weighted by atomic mass is 19.4. The zero-order valence-electron chi connectivity index (χ0n) is 11.1. The van der Waals surface area contributed by atoms with E-state index < -0.39 is 18.8 Å². The van der Waals surface area contributed by atoms with E-state index in [1.165, 1.54) is 0 Å². The van der Waals surface area contributed by atoms with Gasteiger partial charge in [0, 0.05) is 12.6 Å². The SMILES string of the molecule is CC(C)N(C)CCCCNC(=O)NCC(F)(F)F. The van der Waals surface area contributed by atoms with Gasteiger partial charge in [-0.1, -0.05) is 0 Å². The molecule has 0 aromatic heterocycles. The number of rotatable bonds is 7. The number of carbonyl (C=O) groups is 1. The van der Waals surface area contributed by atoms with Crippen LogP contribution in [0.2, 0.25) is 0 Å². The summed E-state index contributed by atoms with van der Waals surface area (Å²) in [6, 6.07) is -0.308. The van der Waals surface area contributed by atoms with Gasteiger partial charge in [0.25, 0.3) is 0 Å². The first kappa shape index (κ1) is 17.0. The third kappa shape index (κ3) is 10.2. The van der Waals surface area contributed by atoms with Crippen LogP contribution >= 0.6 is 0 Å². The second-order valence-electron chi connectivity index (χ2n) is 4.51. The molecule has 0 aromatic rings. The average Bonchev–Trinajstić information content (AvgIpc) is 2.24. The summed E-state index contributed by atoms with van der Waals surface area (Å²) in [6.45, 7) is 4.17. The van der Waals surface area contributed by atoms with Crippen LogP contribution < -0.4 is 10.6 Å². The summed E-state index contributed by atoms with van der Waals surface area (Å²) in [5, 5.41) is 4.14. The lowest BCUT2D eigenvalue weighted by Crippen LogP contribution is -2.41. The first-order chi connectivity index (χ1) is 8.22. The lowest BCUT2D eigenvalue weighted by molar-refractivity contribution is -0.122. The van der Waals surface area contributed by atoms with E-state index in [2.05, 4.69) is 24.1 Å². The maximum atomic E-state index is 11.8. The van der Waals surface area contributed by atoms with Crippen LogP contribution in [0.15, 0.2) is 0 Å². The molecule has 0 rings (SSSR count). The highest BCUT2D eigenvalue weighted by Gasteiger charge is 2.27. The highest BCUT2D eigenvalue weighted by Crippen LogP contribution is 2.11. The number of nitrogens with zero attached hydrogens (tertiary/aromatic N) is 1. The summed E-state index contributed by atoms with van der Waals surface area (Å²) in [5.74, 6) is 0. The molecule has 0 atom stereocenters. The molecule has 0 aliphatic carbocycles. The van der Waals surface area contributed by atoms with E-state index in [4.69, 9.17) is 0 Å². The number of amides is 2. The quantitative estimate of drug-likeness (QED) is 0.694. The topological polar surface area (TPSA) is 44.4 Å². The van der Waals surface area contributed by atoms with Gasteiger partial charge in [-0.15, -0.1) is 0 Å². The summed E-state index contributed by atoms with van der Waals surface area (Å²) >= 11 is 0. The average molecular weight is 269 g/mol. The Morgan fingerprint density at radius 3 is 2.33 bits per heavy atom. The van der Waals surface area contributed by atoms with E-state index in [0.717, 1.165) is 19.4 Å². The van der Waals surface area contributed by atoms with Crippen LogP contribution in [0.25, 0.3) is 0 Å². The van der Waals surface area contributed by atoms with Crippen LogP contribution in [-0.4, -0.2) is 49.8 Å². The van der Waals surface area contributed by atoms with Crippen molar-refractivity contribution >= 4 is 6.03 Å². The summed E-state index contributed by atoms with van der Waals surface area (Å²) in [4.78, 5) is 13.1. The van der Waals surface area contributed by atoms with Gasteiger partial charge in [-0.3, -0.25) is 0 Å². The third-order valence-corrected chi connectivity index (χ3v) is 2.55. The van der Waals surface area contributed by atoms with Gasteiger partial charge in [0.1, 0.15) is 6.54 Å². The van der Waals surface area contributed by atoms with E-state index in [0.29, 0.717) is 12.6 Å². The molecule has 0 aromatic carbocycles. The van der Waals surface area contributed by atoms with Crippen molar-refractivity contribution in [3.63, 3.8) is 0 Å². The molecule has 2 N–H and O–H groups in total. The summed E-state index contributed by atoms with van der Waals surface area (Å²) in [6.07, 6.45) is -2.72.